The third kappa shape index (κ3) is 3.00. The van der Waals surface area contributed by atoms with Crippen LogP contribution in [-0.2, 0) is 19.5 Å². The van der Waals surface area contributed by atoms with Gasteiger partial charge in [-0.2, -0.15) is 0 Å². The molecule has 0 atom stereocenters. The number of nitrogens with zero attached hydrogens (tertiary/aromatic N) is 6. The van der Waals surface area contributed by atoms with E-state index >= 15 is 0 Å². The van der Waals surface area contributed by atoms with Gasteiger partial charge in [0.05, 0.1) is 23.6 Å². The monoisotopic (exact) mass is 479 g/mol. The van der Waals surface area contributed by atoms with Crippen LogP contribution in [0.25, 0.3) is 27.8 Å². The third-order valence-electron chi connectivity index (χ3n) is 8.19. The molecule has 0 amide bonds. The van der Waals surface area contributed by atoms with Crippen LogP contribution in [0.4, 0.5) is 0 Å². The number of aryl methyl sites for hydroxylation is 2. The zero-order valence-corrected chi connectivity index (χ0v) is 20.8. The smallest absolute Gasteiger partial charge is 0.279 e. The van der Waals surface area contributed by atoms with Crippen molar-refractivity contribution >= 4 is 10.9 Å². The van der Waals surface area contributed by atoms with Gasteiger partial charge in [0.2, 0.25) is 0 Å². The summed E-state index contributed by atoms with van der Waals surface area (Å²) in [6.07, 6.45) is 13.8. The van der Waals surface area contributed by atoms with Crippen molar-refractivity contribution in [2.45, 2.75) is 43.9 Å². The van der Waals surface area contributed by atoms with Gasteiger partial charge in [0.1, 0.15) is 17.7 Å². The molecule has 5 aromatic rings. The molecule has 0 spiro atoms. The molecule has 0 saturated heterocycles. The quantitative estimate of drug-likeness (QED) is 0.404. The van der Waals surface area contributed by atoms with Gasteiger partial charge in [-0.05, 0) is 60.8 Å². The van der Waals surface area contributed by atoms with Gasteiger partial charge in [-0.1, -0.05) is 19.1 Å². The number of pyridine rings is 1. The molecule has 0 unspecified atom stereocenters. The molecule has 36 heavy (non-hydrogen) atoms. The fraction of sp³-hybridized carbons (Fsp3) is 0.357. The molecule has 8 nitrogen and oxygen atoms in total. The van der Waals surface area contributed by atoms with Crippen molar-refractivity contribution in [1.82, 2.24) is 33.9 Å². The van der Waals surface area contributed by atoms with Crippen LogP contribution in [0.1, 0.15) is 55.5 Å². The number of nitrogens with one attached hydrogen (secondary N) is 1. The van der Waals surface area contributed by atoms with Crippen molar-refractivity contribution in [3.8, 4) is 16.9 Å². The third-order valence-corrected chi connectivity index (χ3v) is 8.19. The molecule has 1 N–H and O–H groups in total. The van der Waals surface area contributed by atoms with Crippen molar-refractivity contribution in [2.75, 3.05) is 0 Å². The van der Waals surface area contributed by atoms with Gasteiger partial charge in [-0.15, -0.1) is 10.2 Å². The van der Waals surface area contributed by atoms with Crippen LogP contribution in [0.15, 0.2) is 60.3 Å². The van der Waals surface area contributed by atoms with E-state index in [1.54, 1.807) is 12.7 Å². The molecule has 1 aromatic carbocycles. The maximum absolute atomic E-state index is 13.9. The summed E-state index contributed by atoms with van der Waals surface area (Å²) in [6.45, 7) is 2.28. The molecular weight excluding hydrogens is 450 g/mol. The molecule has 7 rings (SSSR count). The molecule has 0 radical (unpaired) electrons. The molecule has 2 saturated carbocycles. The molecule has 4 aromatic heterocycles. The van der Waals surface area contributed by atoms with Crippen LogP contribution < -0.4 is 5.56 Å². The maximum atomic E-state index is 13.9. The summed E-state index contributed by atoms with van der Waals surface area (Å²) in [4.78, 5) is 21.5. The van der Waals surface area contributed by atoms with E-state index in [1.165, 1.54) is 11.1 Å². The average Bonchev–Trinajstić information content (AvgIpc) is 3.22. The fourth-order valence-electron chi connectivity index (χ4n) is 6.34. The van der Waals surface area contributed by atoms with Gasteiger partial charge in [0.15, 0.2) is 0 Å². The van der Waals surface area contributed by atoms with E-state index in [9.17, 15) is 4.79 Å². The summed E-state index contributed by atoms with van der Waals surface area (Å²) in [6, 6.07) is 8.44. The number of H-pyrrole nitrogens is 1. The lowest BCUT2D eigenvalue weighted by Crippen LogP contribution is -2.43. The number of benzene rings is 1. The highest BCUT2D eigenvalue weighted by atomic mass is 16.1. The number of aromatic amines is 1. The van der Waals surface area contributed by atoms with Gasteiger partial charge >= 0.3 is 0 Å². The number of fused-ring (bicyclic) bond motifs is 1. The molecule has 2 fully saturated rings. The van der Waals surface area contributed by atoms with E-state index in [-0.39, 0.29) is 11.0 Å². The lowest BCUT2D eigenvalue weighted by atomic mass is 9.58. The van der Waals surface area contributed by atoms with Crippen molar-refractivity contribution in [1.29, 1.82) is 0 Å². The standard InChI is InChI=1S/C28H29N7O/c1-17-10-28(11-17,27-32-31-16-34(27)3)19-5-4-6-20(9-19)35-14-22(18-7-8-18)24-21(12-30-25(24)26(35)36)23-13-29-15-33(23)2/h4-6,9,12-18,30H,7-8,10-11H2,1-3H3. The number of rotatable bonds is 5. The van der Waals surface area contributed by atoms with E-state index in [2.05, 4.69) is 51.5 Å². The minimum absolute atomic E-state index is 0.0327. The molecule has 8 heteroatoms. The highest BCUT2D eigenvalue weighted by molar-refractivity contribution is 5.97. The Labute approximate surface area is 208 Å². The Kier molecular flexibility index (Phi) is 4.46. The van der Waals surface area contributed by atoms with Crippen molar-refractivity contribution in [2.24, 2.45) is 20.0 Å². The fourth-order valence-corrected chi connectivity index (χ4v) is 6.34. The first-order valence-electron chi connectivity index (χ1n) is 12.6. The van der Waals surface area contributed by atoms with E-state index in [4.69, 9.17) is 0 Å². The Bertz CT molecular complexity index is 1670. The first kappa shape index (κ1) is 21.4. The second-order valence-electron chi connectivity index (χ2n) is 10.8. The Morgan fingerprint density at radius 3 is 2.61 bits per heavy atom. The highest BCUT2D eigenvalue weighted by Gasteiger charge is 2.48. The zero-order valence-electron chi connectivity index (χ0n) is 20.8. The van der Waals surface area contributed by atoms with Gasteiger partial charge in [0.25, 0.3) is 5.56 Å². The molecule has 0 bridgehead atoms. The lowest BCUT2D eigenvalue weighted by Gasteiger charge is -2.46. The second-order valence-corrected chi connectivity index (χ2v) is 10.8. The average molecular weight is 480 g/mol. The SMILES string of the molecule is CC1CC(c2cccc(-n3cc(C4CC4)c4c(-c5cncn5C)c[nH]c4c3=O)c2)(c2nncn2C)C1. The molecular formula is C28H29N7O. The summed E-state index contributed by atoms with van der Waals surface area (Å²) >= 11 is 0. The summed E-state index contributed by atoms with van der Waals surface area (Å²) in [5, 5.41) is 9.69. The molecule has 0 aliphatic heterocycles. The number of imidazole rings is 1. The van der Waals surface area contributed by atoms with Gasteiger partial charge in [0, 0.05) is 43.1 Å². The van der Waals surface area contributed by atoms with Crippen LogP contribution in [0, 0.1) is 5.92 Å². The van der Waals surface area contributed by atoms with Gasteiger partial charge < -0.3 is 14.1 Å². The van der Waals surface area contributed by atoms with Crippen LogP contribution in [-0.4, -0.2) is 33.9 Å². The Balaban J connectivity index is 1.41. The molecule has 182 valence electrons. The lowest BCUT2D eigenvalue weighted by molar-refractivity contribution is 0.185. The molecule has 2 aliphatic carbocycles. The molecule has 4 heterocycles. The van der Waals surface area contributed by atoms with E-state index < -0.39 is 0 Å². The predicted molar refractivity (Wildman–Crippen MR) is 138 cm³/mol. The summed E-state index contributed by atoms with van der Waals surface area (Å²) in [5.41, 5.74) is 5.80. The van der Waals surface area contributed by atoms with Crippen molar-refractivity contribution < 1.29 is 0 Å². The summed E-state index contributed by atoms with van der Waals surface area (Å²) < 4.78 is 5.86. The van der Waals surface area contributed by atoms with Gasteiger partial charge in [-0.3, -0.25) is 9.36 Å². The Morgan fingerprint density at radius 2 is 1.94 bits per heavy atom. The van der Waals surface area contributed by atoms with Crippen LogP contribution in [0.3, 0.4) is 0 Å². The van der Waals surface area contributed by atoms with Crippen LogP contribution >= 0.6 is 0 Å². The van der Waals surface area contributed by atoms with E-state index in [1.807, 2.05) is 46.3 Å². The van der Waals surface area contributed by atoms with Crippen molar-refractivity contribution in [3.05, 3.63) is 82.8 Å². The summed E-state index contributed by atoms with van der Waals surface area (Å²) in [7, 11) is 3.99. The van der Waals surface area contributed by atoms with Crippen LogP contribution in [0.5, 0.6) is 0 Å². The number of aromatic nitrogens is 7. The highest BCUT2D eigenvalue weighted by Crippen LogP contribution is 2.51. The minimum Gasteiger partial charge on any atom is -0.356 e. The first-order valence-corrected chi connectivity index (χ1v) is 12.6. The normalized spacial score (nSPS) is 21.7. The predicted octanol–water partition coefficient (Wildman–Crippen LogP) is 4.44. The van der Waals surface area contributed by atoms with Crippen LogP contribution in [0.2, 0.25) is 0 Å². The zero-order chi connectivity index (χ0) is 24.6. The minimum atomic E-state index is -0.174. The van der Waals surface area contributed by atoms with E-state index in [0.717, 1.165) is 53.8 Å². The Hall–Kier alpha value is -3.94. The first-order chi connectivity index (χ1) is 17.5. The van der Waals surface area contributed by atoms with Gasteiger partial charge in [-0.25, -0.2) is 4.98 Å². The van der Waals surface area contributed by atoms with Crippen molar-refractivity contribution in [3.63, 3.8) is 0 Å². The van der Waals surface area contributed by atoms with E-state index in [0.29, 0.717) is 17.4 Å². The molecule has 2 aliphatic rings. The second kappa shape index (κ2) is 7.53. The topological polar surface area (TPSA) is 86.3 Å². The summed E-state index contributed by atoms with van der Waals surface area (Å²) in [5.74, 6) is 2.09. The number of hydrogen-bond acceptors (Lipinski definition) is 4. The maximum Gasteiger partial charge on any atom is 0.279 e. The number of hydrogen-bond donors (Lipinski definition) is 1. The Morgan fingerprint density at radius 1 is 1.11 bits per heavy atom. The largest absolute Gasteiger partial charge is 0.356 e.